The number of primary sulfonamides is 1. The third kappa shape index (κ3) is 2.55. The van der Waals surface area contributed by atoms with Crippen LogP contribution < -0.4 is 5.14 Å². The second-order valence-corrected chi connectivity index (χ2v) is 5.69. The smallest absolute Gasteiger partial charge is 0.334 e. The number of esters is 1. The van der Waals surface area contributed by atoms with E-state index >= 15 is 0 Å². The summed E-state index contributed by atoms with van der Waals surface area (Å²) >= 11 is 5.94. The van der Waals surface area contributed by atoms with E-state index in [0.29, 0.717) is 18.6 Å². The first-order valence-corrected chi connectivity index (χ1v) is 7.01. The first-order chi connectivity index (χ1) is 8.39. The maximum Gasteiger partial charge on any atom is 0.334 e. The summed E-state index contributed by atoms with van der Waals surface area (Å²) in [4.78, 5) is 11.2. The van der Waals surface area contributed by atoms with Crippen LogP contribution in [-0.2, 0) is 19.6 Å². The average molecular weight is 288 g/mol. The molecule has 1 aliphatic rings. The molecule has 0 aliphatic carbocycles. The Bertz CT molecular complexity index is 636. The SMILES string of the molecule is NS(=O)(=O)c1cccc(Cl)c1C=C1CCOC1=O. The number of rotatable bonds is 2. The predicted octanol–water partition coefficient (Wildman–Crippen LogP) is 1.32. The van der Waals surface area contributed by atoms with Crippen LogP contribution in [0.4, 0.5) is 0 Å². The molecule has 2 N–H and O–H groups in total. The Morgan fingerprint density at radius 2 is 2.11 bits per heavy atom. The van der Waals surface area contributed by atoms with E-state index in [9.17, 15) is 13.2 Å². The van der Waals surface area contributed by atoms with Crippen molar-refractivity contribution in [3.05, 3.63) is 34.4 Å². The van der Waals surface area contributed by atoms with Crippen molar-refractivity contribution in [2.75, 3.05) is 6.61 Å². The highest BCUT2D eigenvalue weighted by Crippen LogP contribution is 2.27. The summed E-state index contributed by atoms with van der Waals surface area (Å²) in [5, 5.41) is 5.32. The highest BCUT2D eigenvalue weighted by Gasteiger charge is 2.21. The molecule has 96 valence electrons. The molecular weight excluding hydrogens is 278 g/mol. The topological polar surface area (TPSA) is 86.5 Å². The molecule has 1 heterocycles. The summed E-state index contributed by atoms with van der Waals surface area (Å²) in [6.45, 7) is 0.291. The second-order valence-electron chi connectivity index (χ2n) is 3.75. The van der Waals surface area contributed by atoms with Gasteiger partial charge >= 0.3 is 5.97 Å². The van der Waals surface area contributed by atoms with Crippen molar-refractivity contribution in [2.45, 2.75) is 11.3 Å². The van der Waals surface area contributed by atoms with Crippen molar-refractivity contribution in [3.63, 3.8) is 0 Å². The number of carbonyl (C=O) groups excluding carboxylic acids is 1. The maximum absolute atomic E-state index is 11.4. The van der Waals surface area contributed by atoms with Gasteiger partial charge in [-0.15, -0.1) is 0 Å². The van der Waals surface area contributed by atoms with Crippen molar-refractivity contribution in [3.8, 4) is 0 Å². The second kappa shape index (κ2) is 4.72. The normalized spacial score (nSPS) is 18.1. The lowest BCUT2D eigenvalue weighted by Gasteiger charge is -2.06. The molecule has 0 amide bonds. The molecule has 1 aliphatic heterocycles. The lowest BCUT2D eigenvalue weighted by atomic mass is 10.1. The van der Waals surface area contributed by atoms with E-state index < -0.39 is 16.0 Å². The standard InChI is InChI=1S/C11H10ClNO4S/c12-9-2-1-3-10(18(13,15)16)8(9)6-7-4-5-17-11(7)14/h1-3,6H,4-5H2,(H2,13,15,16). The van der Waals surface area contributed by atoms with Crippen LogP contribution in [-0.4, -0.2) is 21.0 Å². The lowest BCUT2D eigenvalue weighted by molar-refractivity contribution is -0.134. The quantitative estimate of drug-likeness (QED) is 0.656. The molecule has 0 radical (unpaired) electrons. The Morgan fingerprint density at radius 1 is 1.39 bits per heavy atom. The van der Waals surface area contributed by atoms with E-state index in [1.165, 1.54) is 24.3 Å². The Kier molecular flexibility index (Phi) is 3.43. The van der Waals surface area contributed by atoms with E-state index in [0.717, 1.165) is 0 Å². The number of ether oxygens (including phenoxy) is 1. The van der Waals surface area contributed by atoms with E-state index in [1.54, 1.807) is 0 Å². The maximum atomic E-state index is 11.4. The van der Waals surface area contributed by atoms with Crippen LogP contribution in [0.5, 0.6) is 0 Å². The number of hydrogen-bond acceptors (Lipinski definition) is 4. The lowest BCUT2D eigenvalue weighted by Crippen LogP contribution is -2.14. The third-order valence-corrected chi connectivity index (χ3v) is 3.80. The van der Waals surface area contributed by atoms with E-state index in [4.69, 9.17) is 21.5 Å². The van der Waals surface area contributed by atoms with Crippen LogP contribution >= 0.6 is 11.6 Å². The van der Waals surface area contributed by atoms with Crippen molar-refractivity contribution in [1.29, 1.82) is 0 Å². The van der Waals surface area contributed by atoms with Gasteiger partial charge in [0.15, 0.2) is 0 Å². The largest absolute Gasteiger partial charge is 0.462 e. The zero-order valence-corrected chi connectivity index (χ0v) is 10.8. The highest BCUT2D eigenvalue weighted by atomic mass is 35.5. The number of hydrogen-bond donors (Lipinski definition) is 1. The number of cyclic esters (lactones) is 1. The highest BCUT2D eigenvalue weighted by molar-refractivity contribution is 7.89. The molecule has 1 saturated heterocycles. The molecule has 0 bridgehead atoms. The fourth-order valence-corrected chi connectivity index (χ4v) is 2.69. The minimum absolute atomic E-state index is 0.109. The summed E-state index contributed by atoms with van der Waals surface area (Å²) < 4.78 is 27.6. The van der Waals surface area contributed by atoms with Gasteiger partial charge in [0.2, 0.25) is 10.0 Å². The van der Waals surface area contributed by atoms with Crippen molar-refractivity contribution in [1.82, 2.24) is 0 Å². The van der Waals surface area contributed by atoms with Gasteiger partial charge in [-0.2, -0.15) is 0 Å². The molecule has 1 fully saturated rings. The van der Waals surface area contributed by atoms with Crippen LogP contribution in [0.1, 0.15) is 12.0 Å². The summed E-state index contributed by atoms with van der Waals surface area (Å²) in [5.74, 6) is -0.463. The van der Waals surface area contributed by atoms with E-state index in [1.807, 2.05) is 0 Å². The van der Waals surface area contributed by atoms with E-state index in [-0.39, 0.29) is 15.5 Å². The Morgan fingerprint density at radius 3 is 2.67 bits per heavy atom. The minimum Gasteiger partial charge on any atom is -0.462 e. The van der Waals surface area contributed by atoms with Gasteiger partial charge in [-0.25, -0.2) is 18.4 Å². The molecule has 0 aromatic heterocycles. The van der Waals surface area contributed by atoms with Crippen LogP contribution in [0.15, 0.2) is 28.7 Å². The van der Waals surface area contributed by atoms with Gasteiger partial charge in [0.05, 0.1) is 11.5 Å². The first kappa shape index (κ1) is 13.1. The van der Waals surface area contributed by atoms with Crippen LogP contribution in [0.2, 0.25) is 5.02 Å². The van der Waals surface area contributed by atoms with Crippen molar-refractivity contribution in [2.24, 2.45) is 5.14 Å². The van der Waals surface area contributed by atoms with Crippen LogP contribution in [0.25, 0.3) is 6.08 Å². The molecule has 18 heavy (non-hydrogen) atoms. The van der Waals surface area contributed by atoms with Gasteiger partial charge in [0, 0.05) is 22.6 Å². The monoisotopic (exact) mass is 287 g/mol. The number of sulfonamides is 1. The molecule has 1 aromatic rings. The van der Waals surface area contributed by atoms with Gasteiger partial charge in [-0.1, -0.05) is 17.7 Å². The summed E-state index contributed by atoms with van der Waals surface area (Å²) in [6.07, 6.45) is 1.84. The Balaban J connectivity index is 2.60. The molecule has 0 saturated carbocycles. The Labute approximate surface area is 109 Å². The predicted molar refractivity (Wildman–Crippen MR) is 66.4 cm³/mol. The zero-order chi connectivity index (χ0) is 13.3. The van der Waals surface area contributed by atoms with Crippen molar-refractivity contribution < 1.29 is 17.9 Å². The molecule has 2 rings (SSSR count). The summed E-state index contributed by atoms with van der Waals surface area (Å²) in [5.41, 5.74) is 0.600. The fourth-order valence-electron chi connectivity index (χ4n) is 1.66. The van der Waals surface area contributed by atoms with Gasteiger partial charge in [0.25, 0.3) is 0 Å². The molecular formula is C11H10ClNO4S. The minimum atomic E-state index is -3.90. The zero-order valence-electron chi connectivity index (χ0n) is 9.22. The van der Waals surface area contributed by atoms with Gasteiger partial charge < -0.3 is 4.74 Å². The number of nitrogens with two attached hydrogens (primary N) is 1. The van der Waals surface area contributed by atoms with Gasteiger partial charge in [-0.3, -0.25) is 0 Å². The average Bonchev–Trinajstić information content (AvgIpc) is 2.66. The number of benzene rings is 1. The Hall–Kier alpha value is -1.37. The van der Waals surface area contributed by atoms with Crippen LogP contribution in [0.3, 0.4) is 0 Å². The first-order valence-electron chi connectivity index (χ1n) is 5.08. The molecule has 0 unspecified atom stereocenters. The number of carbonyl (C=O) groups is 1. The summed E-state index contributed by atoms with van der Waals surface area (Å²) in [6, 6.07) is 4.36. The van der Waals surface area contributed by atoms with Crippen LogP contribution in [0, 0.1) is 0 Å². The molecule has 7 heteroatoms. The molecule has 1 aromatic carbocycles. The number of halogens is 1. The third-order valence-electron chi connectivity index (χ3n) is 2.50. The molecule has 0 atom stereocenters. The van der Waals surface area contributed by atoms with Gasteiger partial charge in [0.1, 0.15) is 0 Å². The molecule has 0 spiro atoms. The fraction of sp³-hybridized carbons (Fsp3) is 0.182. The molecule has 5 nitrogen and oxygen atoms in total. The van der Waals surface area contributed by atoms with Crippen molar-refractivity contribution >= 4 is 33.7 Å². The van der Waals surface area contributed by atoms with Gasteiger partial charge in [-0.05, 0) is 18.2 Å². The summed E-state index contributed by atoms with van der Waals surface area (Å²) in [7, 11) is -3.90. The van der Waals surface area contributed by atoms with E-state index in [2.05, 4.69) is 0 Å².